The van der Waals surface area contributed by atoms with Crippen molar-refractivity contribution in [3.8, 4) is 11.5 Å². The second-order valence-electron chi connectivity index (χ2n) is 8.10. The van der Waals surface area contributed by atoms with Gasteiger partial charge in [0.05, 0.1) is 38.7 Å². The van der Waals surface area contributed by atoms with Gasteiger partial charge in [-0.05, 0) is 29.8 Å². The second-order valence-corrected chi connectivity index (χ2v) is 8.10. The van der Waals surface area contributed by atoms with E-state index in [4.69, 9.17) is 14.2 Å². The number of anilines is 1. The molecule has 2 fully saturated rings. The summed E-state index contributed by atoms with van der Waals surface area (Å²) in [7, 11) is 3.20. The van der Waals surface area contributed by atoms with E-state index < -0.39 is 17.4 Å². The summed E-state index contributed by atoms with van der Waals surface area (Å²) >= 11 is 0. The van der Waals surface area contributed by atoms with Crippen LogP contribution >= 0.6 is 0 Å². The maximum atomic E-state index is 13.4. The number of hydrogen-bond acceptors (Lipinski definition) is 5. The molecule has 2 bridgehead atoms. The van der Waals surface area contributed by atoms with Gasteiger partial charge in [-0.2, -0.15) is 0 Å². The van der Waals surface area contributed by atoms with Gasteiger partial charge in [0.15, 0.2) is 0 Å². The first-order valence-corrected chi connectivity index (χ1v) is 10.3. The van der Waals surface area contributed by atoms with Crippen LogP contribution in [0.1, 0.15) is 5.56 Å². The summed E-state index contributed by atoms with van der Waals surface area (Å²) in [6.45, 7) is 0.743. The summed E-state index contributed by atoms with van der Waals surface area (Å²) in [5, 5.41) is 2.98. The molecule has 2 aromatic rings. The first-order valence-electron chi connectivity index (χ1n) is 10.3. The van der Waals surface area contributed by atoms with Crippen molar-refractivity contribution in [1.29, 1.82) is 0 Å². The molecule has 0 saturated carbocycles. The van der Waals surface area contributed by atoms with Crippen LogP contribution in [0.25, 0.3) is 0 Å². The standard InChI is InChI=1S/C24H24N2O5/c1-29-17-7-3-5-15(11-17)13-25-22(27)20-19-9-10-24(31-19)14-26(23(28)21(20)24)16-6-4-8-18(12-16)30-2/h3-12,19-21H,13-14H2,1-2H3,(H,25,27)/t19-,20-,21+,24+/m1/s1. The molecule has 31 heavy (non-hydrogen) atoms. The average molecular weight is 420 g/mol. The van der Waals surface area contributed by atoms with Crippen LogP contribution in [0.4, 0.5) is 5.69 Å². The molecule has 2 aromatic carbocycles. The summed E-state index contributed by atoms with van der Waals surface area (Å²) in [6, 6.07) is 14.9. The van der Waals surface area contributed by atoms with Crippen molar-refractivity contribution in [3.63, 3.8) is 0 Å². The number of methoxy groups -OCH3 is 2. The molecule has 160 valence electrons. The third-order valence-electron chi connectivity index (χ3n) is 6.37. The maximum absolute atomic E-state index is 13.4. The van der Waals surface area contributed by atoms with Crippen LogP contribution in [0.2, 0.25) is 0 Å². The number of ether oxygens (including phenoxy) is 3. The molecule has 3 aliphatic rings. The predicted molar refractivity (Wildman–Crippen MR) is 114 cm³/mol. The lowest BCUT2D eigenvalue weighted by Gasteiger charge is -2.23. The van der Waals surface area contributed by atoms with Crippen molar-refractivity contribution in [2.45, 2.75) is 18.2 Å². The van der Waals surface area contributed by atoms with E-state index in [2.05, 4.69) is 5.32 Å². The van der Waals surface area contributed by atoms with E-state index in [9.17, 15) is 9.59 Å². The topological polar surface area (TPSA) is 77.1 Å². The van der Waals surface area contributed by atoms with Gasteiger partial charge in [-0.15, -0.1) is 0 Å². The Morgan fingerprint density at radius 2 is 1.90 bits per heavy atom. The smallest absolute Gasteiger partial charge is 0.234 e. The second kappa shape index (κ2) is 7.42. The van der Waals surface area contributed by atoms with Gasteiger partial charge < -0.3 is 24.4 Å². The van der Waals surface area contributed by atoms with Crippen molar-refractivity contribution < 1.29 is 23.8 Å². The fraction of sp³-hybridized carbons (Fsp3) is 0.333. The number of fused-ring (bicyclic) bond motifs is 1. The van der Waals surface area contributed by atoms with Crippen LogP contribution < -0.4 is 19.7 Å². The van der Waals surface area contributed by atoms with E-state index in [0.29, 0.717) is 18.8 Å². The van der Waals surface area contributed by atoms with Gasteiger partial charge in [0.25, 0.3) is 0 Å². The third-order valence-corrected chi connectivity index (χ3v) is 6.37. The molecule has 7 nitrogen and oxygen atoms in total. The lowest BCUT2D eigenvalue weighted by molar-refractivity contribution is -0.132. The number of amides is 2. The minimum absolute atomic E-state index is 0.0957. The molecular formula is C24H24N2O5. The Kier molecular flexibility index (Phi) is 4.70. The van der Waals surface area contributed by atoms with Crippen LogP contribution in [0, 0.1) is 11.8 Å². The zero-order valence-electron chi connectivity index (χ0n) is 17.4. The van der Waals surface area contributed by atoms with Gasteiger partial charge in [-0.1, -0.05) is 30.4 Å². The summed E-state index contributed by atoms with van der Waals surface area (Å²) in [5.41, 5.74) is 0.907. The predicted octanol–water partition coefficient (Wildman–Crippen LogP) is 2.31. The van der Waals surface area contributed by atoms with Gasteiger partial charge in [-0.25, -0.2) is 0 Å². The van der Waals surface area contributed by atoms with E-state index in [1.807, 2.05) is 60.7 Å². The number of hydrogen-bond donors (Lipinski definition) is 1. The number of carbonyl (C=O) groups excluding carboxylic acids is 2. The van der Waals surface area contributed by atoms with Gasteiger partial charge in [0, 0.05) is 18.3 Å². The SMILES string of the molecule is COc1cccc(CNC(=O)[C@H]2[C@H]3C(=O)N(c4cccc(OC)c4)C[C@@]34C=C[C@H]2O4)c1. The van der Waals surface area contributed by atoms with Crippen molar-refractivity contribution >= 4 is 17.5 Å². The fourth-order valence-electron chi connectivity index (χ4n) is 4.88. The van der Waals surface area contributed by atoms with Crippen molar-refractivity contribution in [2.75, 3.05) is 25.7 Å². The highest BCUT2D eigenvalue weighted by Gasteiger charge is 2.67. The molecule has 1 spiro atoms. The third kappa shape index (κ3) is 3.16. The quantitative estimate of drug-likeness (QED) is 0.726. The van der Waals surface area contributed by atoms with E-state index in [1.54, 1.807) is 19.1 Å². The molecule has 0 aliphatic carbocycles. The number of rotatable bonds is 6. The number of benzene rings is 2. The van der Waals surface area contributed by atoms with Gasteiger partial charge in [-0.3, -0.25) is 9.59 Å². The van der Waals surface area contributed by atoms with Gasteiger partial charge in [0.2, 0.25) is 11.8 Å². The lowest BCUT2D eigenvalue weighted by atomic mass is 9.77. The molecule has 0 unspecified atom stereocenters. The monoisotopic (exact) mass is 420 g/mol. The molecule has 3 heterocycles. The van der Waals surface area contributed by atoms with Crippen LogP contribution in [0.3, 0.4) is 0 Å². The highest BCUT2D eigenvalue weighted by molar-refractivity contribution is 6.03. The van der Waals surface area contributed by atoms with Crippen molar-refractivity contribution in [2.24, 2.45) is 11.8 Å². The Morgan fingerprint density at radius 3 is 2.68 bits per heavy atom. The molecule has 0 radical (unpaired) electrons. The minimum Gasteiger partial charge on any atom is -0.497 e. The first kappa shape index (κ1) is 19.6. The molecule has 2 saturated heterocycles. The minimum atomic E-state index is -0.761. The average Bonchev–Trinajstić information content (AvgIpc) is 3.46. The highest BCUT2D eigenvalue weighted by atomic mass is 16.5. The van der Waals surface area contributed by atoms with E-state index in [0.717, 1.165) is 17.0 Å². The van der Waals surface area contributed by atoms with E-state index >= 15 is 0 Å². The maximum Gasteiger partial charge on any atom is 0.234 e. The van der Waals surface area contributed by atoms with Crippen molar-refractivity contribution in [3.05, 3.63) is 66.2 Å². The molecule has 1 N–H and O–H groups in total. The molecule has 4 atom stereocenters. The molecule has 3 aliphatic heterocycles. The van der Waals surface area contributed by atoms with Crippen LogP contribution in [0.15, 0.2) is 60.7 Å². The van der Waals surface area contributed by atoms with Crippen LogP contribution in [0.5, 0.6) is 11.5 Å². The number of carbonyl (C=O) groups is 2. The van der Waals surface area contributed by atoms with E-state index in [-0.39, 0.29) is 17.9 Å². The number of nitrogens with zero attached hydrogens (tertiary/aromatic N) is 1. The summed E-state index contributed by atoms with van der Waals surface area (Å²) in [4.78, 5) is 28.3. The van der Waals surface area contributed by atoms with Crippen LogP contribution in [-0.4, -0.2) is 44.3 Å². The Balaban J connectivity index is 1.36. The molecule has 2 amide bonds. The Labute approximate surface area is 180 Å². The summed E-state index contributed by atoms with van der Waals surface area (Å²) < 4.78 is 16.7. The van der Waals surface area contributed by atoms with Gasteiger partial charge >= 0.3 is 0 Å². The molecular weight excluding hydrogens is 396 g/mol. The Bertz CT molecular complexity index is 1070. The molecule has 0 aromatic heterocycles. The van der Waals surface area contributed by atoms with Crippen LogP contribution in [-0.2, 0) is 20.9 Å². The lowest BCUT2D eigenvalue weighted by Crippen LogP contribution is -2.43. The van der Waals surface area contributed by atoms with Gasteiger partial charge in [0.1, 0.15) is 17.1 Å². The summed E-state index contributed by atoms with van der Waals surface area (Å²) in [6.07, 6.45) is 3.48. The van der Waals surface area contributed by atoms with E-state index in [1.165, 1.54) is 0 Å². The molecule has 7 heteroatoms. The fourth-order valence-corrected chi connectivity index (χ4v) is 4.88. The molecule has 5 rings (SSSR count). The summed E-state index contributed by atoms with van der Waals surface area (Å²) in [5.74, 6) is 0.0363. The zero-order chi connectivity index (χ0) is 21.6. The normalized spacial score (nSPS) is 28.0. The zero-order valence-corrected chi connectivity index (χ0v) is 17.4. The number of nitrogens with one attached hydrogen (secondary N) is 1. The highest BCUT2D eigenvalue weighted by Crippen LogP contribution is 2.52. The Hall–Kier alpha value is -3.32. The van der Waals surface area contributed by atoms with Crippen molar-refractivity contribution in [1.82, 2.24) is 5.32 Å². The Morgan fingerprint density at radius 1 is 1.16 bits per heavy atom. The largest absolute Gasteiger partial charge is 0.497 e. The first-order chi connectivity index (χ1) is 15.0.